The molecule has 2 aliphatic rings. The highest BCUT2D eigenvalue weighted by Crippen LogP contribution is 2.39. The van der Waals surface area contributed by atoms with Gasteiger partial charge in [0.15, 0.2) is 5.82 Å². The van der Waals surface area contributed by atoms with Crippen molar-refractivity contribution >= 4 is 23.3 Å². The lowest BCUT2D eigenvalue weighted by Crippen LogP contribution is -2.14. The summed E-state index contributed by atoms with van der Waals surface area (Å²) in [6.45, 7) is 1.89. The molecule has 0 radical (unpaired) electrons. The largest absolute Gasteiger partial charge is 0.321 e. The van der Waals surface area contributed by atoms with Crippen molar-refractivity contribution in [2.75, 3.05) is 10.6 Å². The maximum absolute atomic E-state index is 12.9. The summed E-state index contributed by atoms with van der Waals surface area (Å²) in [7, 11) is 0. The molecule has 4 heterocycles. The highest BCUT2D eigenvalue weighted by atomic mass is 16.2. The van der Waals surface area contributed by atoms with Crippen molar-refractivity contribution in [1.82, 2.24) is 24.9 Å². The molecule has 0 bridgehead atoms. The monoisotopic (exact) mass is 491 g/mol. The summed E-state index contributed by atoms with van der Waals surface area (Å²) >= 11 is 0. The van der Waals surface area contributed by atoms with Gasteiger partial charge in [-0.2, -0.15) is 0 Å². The quantitative estimate of drug-likeness (QED) is 0.381. The Bertz CT molecular complexity index is 1510. The van der Waals surface area contributed by atoms with Gasteiger partial charge in [-0.05, 0) is 69.0 Å². The standard InChI is InChI=1S/C28H25N7O2/c1-16-22(14-21(15-32-16)33-28(37)20-7-9-29-24(12-20)17-2-3-17)23-8-11-31-26(34-23)19-6-10-30-25(13-19)35-27(36)18-4-5-18/h6-15,17-18H,2-5H2,1H3,(H,33,37)(H,30,35,36). The van der Waals surface area contributed by atoms with Crippen LogP contribution in [0.3, 0.4) is 0 Å². The van der Waals surface area contributed by atoms with Crippen LogP contribution < -0.4 is 10.6 Å². The van der Waals surface area contributed by atoms with E-state index in [9.17, 15) is 9.59 Å². The molecule has 0 unspecified atom stereocenters. The molecule has 0 saturated heterocycles. The van der Waals surface area contributed by atoms with Crippen molar-refractivity contribution in [2.24, 2.45) is 5.92 Å². The predicted octanol–water partition coefficient (Wildman–Crippen LogP) is 4.78. The molecule has 0 aliphatic heterocycles. The van der Waals surface area contributed by atoms with Gasteiger partial charge >= 0.3 is 0 Å². The van der Waals surface area contributed by atoms with Crippen LogP contribution in [0, 0.1) is 12.8 Å². The number of rotatable bonds is 7. The molecule has 0 atom stereocenters. The Hall–Kier alpha value is -4.53. The van der Waals surface area contributed by atoms with Crippen molar-refractivity contribution < 1.29 is 9.59 Å². The minimum absolute atomic E-state index is 0.00425. The lowest BCUT2D eigenvalue weighted by atomic mass is 10.1. The van der Waals surface area contributed by atoms with Crippen molar-refractivity contribution in [1.29, 1.82) is 0 Å². The fourth-order valence-electron chi connectivity index (χ4n) is 4.12. The third-order valence-corrected chi connectivity index (χ3v) is 6.53. The van der Waals surface area contributed by atoms with Crippen molar-refractivity contribution in [3.05, 3.63) is 78.1 Å². The van der Waals surface area contributed by atoms with Crippen molar-refractivity contribution in [3.63, 3.8) is 0 Å². The smallest absolute Gasteiger partial charge is 0.255 e. The van der Waals surface area contributed by atoms with Crippen molar-refractivity contribution in [2.45, 2.75) is 38.5 Å². The van der Waals surface area contributed by atoms with Gasteiger partial charge in [0.1, 0.15) is 5.82 Å². The number of aryl methyl sites for hydroxylation is 1. The van der Waals surface area contributed by atoms with Crippen LogP contribution in [0.5, 0.6) is 0 Å². The number of nitrogens with zero attached hydrogens (tertiary/aromatic N) is 5. The first kappa shape index (κ1) is 22.9. The van der Waals surface area contributed by atoms with Crippen LogP contribution in [0.1, 0.15) is 53.3 Å². The third-order valence-electron chi connectivity index (χ3n) is 6.53. The zero-order valence-electron chi connectivity index (χ0n) is 20.3. The Balaban J connectivity index is 1.24. The molecule has 9 heteroatoms. The Morgan fingerprint density at radius 2 is 1.68 bits per heavy atom. The Kier molecular flexibility index (Phi) is 5.88. The summed E-state index contributed by atoms with van der Waals surface area (Å²) in [5.41, 5.74) is 5.08. The average Bonchev–Trinajstić information content (AvgIpc) is 3.83. The van der Waals surface area contributed by atoms with Gasteiger partial charge in [-0.1, -0.05) is 0 Å². The Labute approximate surface area is 213 Å². The second kappa shape index (κ2) is 9.50. The summed E-state index contributed by atoms with van der Waals surface area (Å²) in [5.74, 6) is 1.33. The van der Waals surface area contributed by atoms with Gasteiger partial charge in [-0.3, -0.25) is 19.6 Å². The number of hydrogen-bond acceptors (Lipinski definition) is 7. The molecule has 2 aliphatic carbocycles. The van der Waals surface area contributed by atoms with Gasteiger partial charge in [0.05, 0.1) is 17.6 Å². The van der Waals surface area contributed by atoms with E-state index in [0.29, 0.717) is 34.5 Å². The predicted molar refractivity (Wildman–Crippen MR) is 139 cm³/mol. The topological polar surface area (TPSA) is 123 Å². The van der Waals surface area contributed by atoms with Crippen LogP contribution in [0.4, 0.5) is 11.5 Å². The van der Waals surface area contributed by atoms with Gasteiger partial charge in [-0.25, -0.2) is 15.0 Å². The maximum atomic E-state index is 12.9. The molecule has 0 aromatic carbocycles. The lowest BCUT2D eigenvalue weighted by Gasteiger charge is -2.11. The highest BCUT2D eigenvalue weighted by molar-refractivity contribution is 6.04. The first-order valence-corrected chi connectivity index (χ1v) is 12.4. The fourth-order valence-corrected chi connectivity index (χ4v) is 4.12. The molecule has 0 spiro atoms. The second-order valence-corrected chi connectivity index (χ2v) is 9.51. The Morgan fingerprint density at radius 3 is 2.49 bits per heavy atom. The van der Waals surface area contributed by atoms with Gasteiger partial charge < -0.3 is 10.6 Å². The minimum Gasteiger partial charge on any atom is -0.321 e. The molecule has 2 fully saturated rings. The molecule has 2 saturated carbocycles. The summed E-state index contributed by atoms with van der Waals surface area (Å²) < 4.78 is 0. The van der Waals surface area contributed by atoms with E-state index in [2.05, 4.69) is 30.6 Å². The molecule has 2 amide bonds. The fraction of sp³-hybridized carbons (Fsp3) is 0.250. The molecule has 9 nitrogen and oxygen atoms in total. The molecule has 4 aromatic rings. The number of anilines is 2. The summed E-state index contributed by atoms with van der Waals surface area (Å²) in [6.07, 6.45) is 10.7. The molecular formula is C28H25N7O2. The van der Waals surface area contributed by atoms with Crippen LogP contribution in [-0.2, 0) is 4.79 Å². The normalized spacial score (nSPS) is 14.7. The van der Waals surface area contributed by atoms with Gasteiger partial charge in [0, 0.05) is 58.5 Å². The maximum Gasteiger partial charge on any atom is 0.255 e. The average molecular weight is 492 g/mol. The highest BCUT2D eigenvalue weighted by Gasteiger charge is 2.30. The van der Waals surface area contributed by atoms with Crippen LogP contribution in [0.15, 0.2) is 61.2 Å². The minimum atomic E-state index is -0.207. The van der Waals surface area contributed by atoms with Gasteiger partial charge in [0.2, 0.25) is 5.91 Å². The molecular weight excluding hydrogens is 466 g/mol. The van der Waals surface area contributed by atoms with Crippen molar-refractivity contribution in [3.8, 4) is 22.6 Å². The summed E-state index contributed by atoms with van der Waals surface area (Å²) in [5, 5.41) is 5.81. The molecule has 4 aromatic heterocycles. The van der Waals surface area contributed by atoms with E-state index in [1.165, 1.54) is 0 Å². The number of amides is 2. The van der Waals surface area contributed by atoms with E-state index in [0.717, 1.165) is 48.2 Å². The third kappa shape index (κ3) is 5.20. The zero-order chi connectivity index (χ0) is 25.4. The van der Waals surface area contributed by atoms with E-state index in [1.54, 1.807) is 49.1 Å². The second-order valence-electron chi connectivity index (χ2n) is 9.51. The first-order valence-electron chi connectivity index (χ1n) is 12.4. The van der Waals surface area contributed by atoms with Crippen LogP contribution >= 0.6 is 0 Å². The zero-order valence-corrected chi connectivity index (χ0v) is 20.3. The van der Waals surface area contributed by atoms with Crippen LogP contribution in [0.25, 0.3) is 22.6 Å². The number of nitrogens with one attached hydrogen (secondary N) is 2. The van der Waals surface area contributed by atoms with E-state index in [4.69, 9.17) is 4.98 Å². The Morgan fingerprint density at radius 1 is 0.865 bits per heavy atom. The molecule has 6 rings (SSSR count). The number of hydrogen-bond donors (Lipinski definition) is 2. The molecule has 2 N–H and O–H groups in total. The van der Waals surface area contributed by atoms with E-state index in [1.807, 2.05) is 19.1 Å². The van der Waals surface area contributed by atoms with Crippen LogP contribution in [-0.4, -0.2) is 36.7 Å². The van der Waals surface area contributed by atoms with Gasteiger partial charge in [0.25, 0.3) is 5.91 Å². The molecule has 184 valence electrons. The SMILES string of the molecule is Cc1ncc(NC(=O)c2ccnc(C3CC3)c2)cc1-c1ccnc(-c2ccnc(NC(=O)C3CC3)c2)n1. The number of aromatic nitrogens is 5. The molecule has 37 heavy (non-hydrogen) atoms. The van der Waals surface area contributed by atoms with Crippen LogP contribution in [0.2, 0.25) is 0 Å². The lowest BCUT2D eigenvalue weighted by molar-refractivity contribution is -0.117. The van der Waals surface area contributed by atoms with Gasteiger partial charge in [-0.15, -0.1) is 0 Å². The first-order chi connectivity index (χ1) is 18.0. The van der Waals surface area contributed by atoms with E-state index in [-0.39, 0.29) is 17.7 Å². The van der Waals surface area contributed by atoms with E-state index < -0.39 is 0 Å². The summed E-state index contributed by atoms with van der Waals surface area (Å²) in [6, 6.07) is 10.8. The summed E-state index contributed by atoms with van der Waals surface area (Å²) in [4.78, 5) is 47.3. The number of pyridine rings is 3. The number of carbonyl (C=O) groups is 2. The van der Waals surface area contributed by atoms with E-state index >= 15 is 0 Å². The number of carbonyl (C=O) groups excluding carboxylic acids is 2.